The molecule has 1 aliphatic heterocycles. The zero-order chi connectivity index (χ0) is 23.2. The summed E-state index contributed by atoms with van der Waals surface area (Å²) in [5, 5.41) is 0.182. The number of rotatable bonds is 4. The van der Waals surface area contributed by atoms with Crippen molar-refractivity contribution in [1.82, 2.24) is 14.5 Å². The third-order valence-electron chi connectivity index (χ3n) is 5.22. The Balaban J connectivity index is 1.95. The second-order valence-electron chi connectivity index (χ2n) is 7.64. The van der Waals surface area contributed by atoms with Gasteiger partial charge in [-0.2, -0.15) is 0 Å². The van der Waals surface area contributed by atoms with Crippen molar-refractivity contribution in [2.75, 3.05) is 6.54 Å². The molecule has 3 aromatic rings. The number of nitrogens with zero attached hydrogens (tertiary/aromatic N) is 3. The molecule has 6 nitrogen and oxygen atoms in total. The molecule has 166 valence electrons. The molecule has 0 saturated carbocycles. The molecule has 0 saturated heterocycles. The fourth-order valence-electron chi connectivity index (χ4n) is 3.59. The maximum atomic E-state index is 13.8. The van der Waals surface area contributed by atoms with Gasteiger partial charge in [0.25, 0.3) is 0 Å². The molecule has 4 rings (SSSR count). The molecule has 1 atom stereocenters. The maximum Gasteiger partial charge on any atom is 0.241 e. The van der Waals surface area contributed by atoms with Gasteiger partial charge < -0.3 is 10.6 Å². The second-order valence-corrected chi connectivity index (χ2v) is 9.03. The lowest BCUT2D eigenvalue weighted by Gasteiger charge is -2.38. The Hall–Kier alpha value is -3.24. The van der Waals surface area contributed by atoms with Gasteiger partial charge in [0.1, 0.15) is 38.7 Å². The number of halogens is 3. The van der Waals surface area contributed by atoms with E-state index >= 15 is 0 Å². The number of carbonyl (C=O) groups is 1. The van der Waals surface area contributed by atoms with Crippen LogP contribution in [0.2, 0.25) is 0 Å². The summed E-state index contributed by atoms with van der Waals surface area (Å²) < 4.78 is 55.9. The molecule has 0 fully saturated rings. The average molecular weight is 460 g/mol. The first-order chi connectivity index (χ1) is 15.1. The third kappa shape index (κ3) is 3.55. The van der Waals surface area contributed by atoms with E-state index in [0.717, 1.165) is 12.1 Å². The number of carbonyl (C=O) groups excluding carboxylic acids is 1. The third-order valence-corrected chi connectivity index (χ3v) is 6.65. The molecular weight excluding hydrogens is 441 g/mol. The predicted molar refractivity (Wildman–Crippen MR) is 113 cm³/mol. The Labute approximate surface area is 184 Å². The highest BCUT2D eigenvalue weighted by Crippen LogP contribution is 2.38. The van der Waals surface area contributed by atoms with Crippen molar-refractivity contribution in [2.24, 2.45) is 5.73 Å². The van der Waals surface area contributed by atoms with Crippen molar-refractivity contribution in [3.8, 4) is 11.3 Å². The number of imidazole rings is 1. The van der Waals surface area contributed by atoms with Crippen molar-refractivity contribution in [3.05, 3.63) is 71.9 Å². The van der Waals surface area contributed by atoms with Crippen molar-refractivity contribution in [3.63, 3.8) is 0 Å². The SMILES string of the molecule is CC1(C)c2nc(-c3ccc(F)cc3)c(S(=O)c3ccc(F)c(F)c3)n2C=CN1C(=O)CN. The average Bonchev–Trinajstić information content (AvgIpc) is 3.16. The second kappa shape index (κ2) is 8.03. The molecule has 0 bridgehead atoms. The number of amides is 1. The van der Waals surface area contributed by atoms with Crippen LogP contribution in [0.1, 0.15) is 19.7 Å². The number of benzene rings is 2. The largest absolute Gasteiger partial charge is 0.322 e. The van der Waals surface area contributed by atoms with E-state index in [1.807, 2.05) is 0 Å². The minimum absolute atomic E-state index is 0.0293. The van der Waals surface area contributed by atoms with Gasteiger partial charge >= 0.3 is 0 Å². The van der Waals surface area contributed by atoms with Crippen LogP contribution in [0.25, 0.3) is 17.5 Å². The van der Waals surface area contributed by atoms with E-state index in [1.165, 1.54) is 47.6 Å². The Morgan fingerprint density at radius 1 is 1.06 bits per heavy atom. The first kappa shape index (κ1) is 22.0. The van der Waals surface area contributed by atoms with Gasteiger partial charge in [0.2, 0.25) is 5.91 Å². The van der Waals surface area contributed by atoms with Crippen LogP contribution < -0.4 is 5.73 Å². The summed E-state index contributed by atoms with van der Waals surface area (Å²) in [4.78, 5) is 18.5. The van der Waals surface area contributed by atoms with Gasteiger partial charge in [-0.3, -0.25) is 9.36 Å². The molecule has 10 heteroatoms. The monoisotopic (exact) mass is 460 g/mol. The van der Waals surface area contributed by atoms with Crippen LogP contribution in [0.3, 0.4) is 0 Å². The molecule has 2 heterocycles. The van der Waals surface area contributed by atoms with Crippen molar-refractivity contribution >= 4 is 22.9 Å². The standard InChI is InChI=1S/C22H19F3N4O2S/c1-22(2)21-27-19(13-3-5-14(23)6-4-13)20(28(21)9-10-29(22)18(30)12-26)32(31)15-7-8-16(24)17(25)11-15/h3-11H,12,26H2,1-2H3. The first-order valence-electron chi connectivity index (χ1n) is 9.61. The van der Waals surface area contributed by atoms with Crippen molar-refractivity contribution in [2.45, 2.75) is 29.3 Å². The Bertz CT molecular complexity index is 1270. The summed E-state index contributed by atoms with van der Waals surface area (Å²) in [6.07, 6.45) is 3.02. The van der Waals surface area contributed by atoms with Gasteiger partial charge in [-0.1, -0.05) is 0 Å². The topological polar surface area (TPSA) is 81.2 Å². The number of aromatic nitrogens is 2. The van der Waals surface area contributed by atoms with Gasteiger partial charge in [-0.15, -0.1) is 0 Å². The summed E-state index contributed by atoms with van der Waals surface area (Å²) >= 11 is 0. The van der Waals surface area contributed by atoms with Crippen molar-refractivity contribution < 1.29 is 22.2 Å². The highest BCUT2D eigenvalue weighted by Gasteiger charge is 2.40. The molecule has 0 radical (unpaired) electrons. The minimum atomic E-state index is -1.98. The highest BCUT2D eigenvalue weighted by molar-refractivity contribution is 7.85. The maximum absolute atomic E-state index is 13.8. The summed E-state index contributed by atoms with van der Waals surface area (Å²) in [5.74, 6) is -2.61. The normalized spacial score (nSPS) is 15.5. The van der Waals surface area contributed by atoms with Crippen LogP contribution in [-0.4, -0.2) is 31.1 Å². The van der Waals surface area contributed by atoms with Gasteiger partial charge in [0.05, 0.1) is 6.54 Å². The molecule has 0 spiro atoms. The zero-order valence-corrected chi connectivity index (χ0v) is 18.0. The fraction of sp³-hybridized carbons (Fsp3) is 0.182. The molecule has 1 amide bonds. The lowest BCUT2D eigenvalue weighted by molar-refractivity contribution is -0.132. The molecule has 0 aliphatic carbocycles. The first-order valence-corrected chi connectivity index (χ1v) is 10.8. The van der Waals surface area contributed by atoms with Gasteiger partial charge in [-0.05, 0) is 56.3 Å². The molecular formula is C22H19F3N4O2S. The van der Waals surface area contributed by atoms with E-state index in [2.05, 4.69) is 4.98 Å². The van der Waals surface area contributed by atoms with Crippen LogP contribution in [0.4, 0.5) is 13.2 Å². The van der Waals surface area contributed by atoms with E-state index in [9.17, 15) is 22.2 Å². The zero-order valence-electron chi connectivity index (χ0n) is 17.2. The smallest absolute Gasteiger partial charge is 0.241 e. The molecule has 1 aliphatic rings. The van der Waals surface area contributed by atoms with Crippen LogP contribution in [0.15, 0.2) is 58.6 Å². The van der Waals surface area contributed by atoms with Crippen LogP contribution in [0.5, 0.6) is 0 Å². The summed E-state index contributed by atoms with van der Waals surface area (Å²) in [6, 6.07) is 8.43. The number of fused-ring (bicyclic) bond motifs is 1. The predicted octanol–water partition coefficient (Wildman–Crippen LogP) is 3.60. The highest BCUT2D eigenvalue weighted by atomic mass is 32.2. The minimum Gasteiger partial charge on any atom is -0.322 e. The number of hydrogen-bond acceptors (Lipinski definition) is 4. The Kier molecular flexibility index (Phi) is 5.51. The fourth-order valence-corrected chi connectivity index (χ4v) is 4.88. The Morgan fingerprint density at radius 3 is 2.38 bits per heavy atom. The van der Waals surface area contributed by atoms with Crippen LogP contribution >= 0.6 is 0 Å². The van der Waals surface area contributed by atoms with E-state index < -0.39 is 33.8 Å². The summed E-state index contributed by atoms with van der Waals surface area (Å²) in [5.41, 5.74) is 5.31. The molecule has 1 unspecified atom stereocenters. The van der Waals surface area contributed by atoms with Crippen LogP contribution in [-0.2, 0) is 21.1 Å². The Morgan fingerprint density at radius 2 is 1.75 bits per heavy atom. The van der Waals surface area contributed by atoms with Gasteiger partial charge in [0, 0.05) is 22.9 Å². The van der Waals surface area contributed by atoms with Crippen molar-refractivity contribution in [1.29, 1.82) is 0 Å². The summed E-state index contributed by atoms with van der Waals surface area (Å²) in [6.45, 7) is 3.29. The lowest BCUT2D eigenvalue weighted by Crippen LogP contribution is -2.47. The van der Waals surface area contributed by atoms with E-state index in [-0.39, 0.29) is 28.1 Å². The number of hydrogen-bond donors (Lipinski definition) is 1. The molecule has 1 aromatic heterocycles. The van der Waals surface area contributed by atoms with Crippen LogP contribution in [0, 0.1) is 17.5 Å². The van der Waals surface area contributed by atoms with E-state index in [4.69, 9.17) is 5.73 Å². The van der Waals surface area contributed by atoms with E-state index in [0.29, 0.717) is 11.4 Å². The molecule has 2 aromatic carbocycles. The van der Waals surface area contributed by atoms with E-state index in [1.54, 1.807) is 18.4 Å². The lowest BCUT2D eigenvalue weighted by atomic mass is 10.0. The molecule has 32 heavy (non-hydrogen) atoms. The quantitative estimate of drug-likeness (QED) is 0.645. The van der Waals surface area contributed by atoms with Gasteiger partial charge in [0.15, 0.2) is 11.6 Å². The number of nitrogens with two attached hydrogens (primary N) is 1. The molecule has 2 N–H and O–H groups in total. The summed E-state index contributed by atoms with van der Waals surface area (Å²) in [7, 11) is -1.98. The van der Waals surface area contributed by atoms with Gasteiger partial charge in [-0.25, -0.2) is 22.4 Å².